The van der Waals surface area contributed by atoms with Crippen LogP contribution in [-0.4, -0.2) is 6.71 Å². The van der Waals surface area contributed by atoms with Crippen molar-refractivity contribution in [2.45, 2.75) is 149 Å². The summed E-state index contributed by atoms with van der Waals surface area (Å²) in [6, 6.07) is 63.9. The van der Waals surface area contributed by atoms with Gasteiger partial charge < -0.3 is 9.80 Å². The molecule has 2 nitrogen and oxygen atoms in total. The Morgan fingerprint density at radius 3 is 1.54 bits per heavy atom. The number of fused-ring (bicyclic) bond motifs is 6. The smallest absolute Gasteiger partial charge is 0.252 e. The average molecular weight is 967 g/mol. The number of hydrogen-bond acceptors (Lipinski definition) is 2. The predicted octanol–water partition coefficient (Wildman–Crippen LogP) is 17.7. The van der Waals surface area contributed by atoms with E-state index in [9.17, 15) is 0 Å². The molecule has 2 heterocycles. The third-order valence-corrected chi connectivity index (χ3v) is 18.0. The van der Waals surface area contributed by atoms with E-state index in [2.05, 4.69) is 271 Å². The first kappa shape index (κ1) is 48.4. The van der Waals surface area contributed by atoms with Gasteiger partial charge in [0.05, 0.1) is 5.69 Å². The Morgan fingerprint density at radius 2 is 0.905 bits per heavy atom. The maximum Gasteiger partial charge on any atom is 0.252 e. The molecule has 0 spiro atoms. The Balaban J connectivity index is 1.22. The summed E-state index contributed by atoms with van der Waals surface area (Å²) in [4.78, 5) is 5.37. The fourth-order valence-electron chi connectivity index (χ4n) is 13.9. The zero-order valence-electron chi connectivity index (χ0n) is 46.7. The predicted molar refractivity (Wildman–Crippen MR) is 320 cm³/mol. The fraction of sp³-hybridized carbons (Fsp3) is 0.324. The molecule has 0 atom stereocenters. The summed E-state index contributed by atoms with van der Waals surface area (Å²) in [5.74, 6) is 0. The lowest BCUT2D eigenvalue weighted by molar-refractivity contribution is 0.332. The maximum atomic E-state index is 2.74. The molecule has 4 aliphatic rings. The molecule has 0 saturated carbocycles. The highest BCUT2D eigenvalue weighted by molar-refractivity contribution is 7.00. The van der Waals surface area contributed by atoms with E-state index >= 15 is 0 Å². The van der Waals surface area contributed by atoms with Crippen LogP contribution in [0.1, 0.15) is 150 Å². The van der Waals surface area contributed by atoms with Crippen LogP contribution in [-0.2, 0) is 32.5 Å². The van der Waals surface area contributed by atoms with Crippen molar-refractivity contribution in [3.8, 4) is 33.4 Å². The van der Waals surface area contributed by atoms with Crippen LogP contribution in [0.15, 0.2) is 164 Å². The molecular formula is C71H75BN2. The van der Waals surface area contributed by atoms with Crippen LogP contribution in [0.25, 0.3) is 33.4 Å². The zero-order valence-corrected chi connectivity index (χ0v) is 46.7. The molecule has 0 fully saturated rings. The van der Waals surface area contributed by atoms with Gasteiger partial charge >= 0.3 is 0 Å². The molecule has 2 aliphatic heterocycles. The number of anilines is 6. The summed E-state index contributed by atoms with van der Waals surface area (Å²) in [5.41, 5.74) is 27.6. The molecule has 0 radical (unpaired) electrons. The molecule has 8 aromatic carbocycles. The van der Waals surface area contributed by atoms with E-state index in [1.165, 1.54) is 112 Å². The molecule has 3 heteroatoms. The van der Waals surface area contributed by atoms with E-state index in [1.807, 2.05) is 0 Å². The van der Waals surface area contributed by atoms with Crippen LogP contribution >= 0.6 is 0 Å². The van der Waals surface area contributed by atoms with Crippen LogP contribution in [0, 0.1) is 0 Å². The van der Waals surface area contributed by atoms with Gasteiger partial charge in [-0.15, -0.1) is 0 Å². The third kappa shape index (κ3) is 7.73. The molecule has 0 N–H and O–H groups in total. The van der Waals surface area contributed by atoms with Gasteiger partial charge in [-0.2, -0.15) is 0 Å². The Hall–Kier alpha value is -6.58. The van der Waals surface area contributed by atoms with Crippen LogP contribution < -0.4 is 26.2 Å². The van der Waals surface area contributed by atoms with Gasteiger partial charge in [0.1, 0.15) is 0 Å². The number of benzene rings is 8. The van der Waals surface area contributed by atoms with Gasteiger partial charge in [-0.25, -0.2) is 0 Å². The Labute approximate surface area is 444 Å². The first-order valence-electron chi connectivity index (χ1n) is 27.5. The first-order chi connectivity index (χ1) is 34.9. The standard InChI is InChI=1S/C71H75BN2/c1-66(2,3)50-30-33-60(53(39-50)49-28-31-54-55(37-49)71(13,14)44-70(54,11)12)74-62-43-57-56(68(7,8)34-35-69(57,9)10)42-59(62)72-58-32-29-48(46-24-19-16-20-25-46)38-61(58)73(63-40-51(67(4,5)6)41-64(74)65(63)72)52-27-21-26-47(36-52)45-22-17-15-18-23-45/h15-33,36-43H,34-35,44H2,1-14H3. The topological polar surface area (TPSA) is 6.48 Å². The Bertz CT molecular complexity index is 3560. The lowest BCUT2D eigenvalue weighted by Crippen LogP contribution is -2.62. The van der Waals surface area contributed by atoms with Crippen molar-refractivity contribution in [2.24, 2.45) is 0 Å². The molecule has 74 heavy (non-hydrogen) atoms. The van der Waals surface area contributed by atoms with Gasteiger partial charge in [-0.3, -0.25) is 0 Å². The van der Waals surface area contributed by atoms with Gasteiger partial charge in [-0.1, -0.05) is 212 Å². The van der Waals surface area contributed by atoms with Crippen molar-refractivity contribution in [1.82, 2.24) is 0 Å². The maximum absolute atomic E-state index is 2.74. The summed E-state index contributed by atoms with van der Waals surface area (Å²) in [6.45, 7) is 34.0. The fourth-order valence-corrected chi connectivity index (χ4v) is 13.9. The van der Waals surface area contributed by atoms with Gasteiger partial charge in [0.25, 0.3) is 6.71 Å². The van der Waals surface area contributed by atoms with Crippen LogP contribution in [0.2, 0.25) is 0 Å². The van der Waals surface area contributed by atoms with Gasteiger partial charge in [0, 0.05) is 34.0 Å². The SMILES string of the molecule is CC(C)(C)c1ccc(N2c3cc4c(cc3B3c5ccc(-c6ccccc6)cc5N(c5cccc(-c6ccccc6)c5)c5cc(C(C)(C)C)cc2c53)C(C)(C)CCC4(C)C)c(-c2ccc3c(c2)C(C)(C)CC3(C)C)c1. The van der Waals surface area contributed by atoms with Gasteiger partial charge in [0.15, 0.2) is 0 Å². The summed E-state index contributed by atoms with van der Waals surface area (Å²) in [6.07, 6.45) is 3.44. The van der Waals surface area contributed by atoms with Crippen molar-refractivity contribution in [1.29, 1.82) is 0 Å². The number of rotatable bonds is 5. The number of nitrogens with zero attached hydrogens (tertiary/aromatic N) is 2. The first-order valence-corrected chi connectivity index (χ1v) is 27.5. The second-order valence-electron chi connectivity index (χ2n) is 27.2. The molecule has 0 amide bonds. The quantitative estimate of drug-likeness (QED) is 0.159. The minimum atomic E-state index is -0.157. The Kier molecular flexibility index (Phi) is 10.8. The van der Waals surface area contributed by atoms with Crippen LogP contribution in [0.3, 0.4) is 0 Å². The molecule has 8 aromatic rings. The molecular weight excluding hydrogens is 892 g/mol. The van der Waals surface area contributed by atoms with E-state index in [4.69, 9.17) is 0 Å². The summed E-state index contributed by atoms with van der Waals surface area (Å²) in [5, 5.41) is 0. The van der Waals surface area contributed by atoms with Crippen molar-refractivity contribution >= 4 is 57.2 Å². The zero-order chi connectivity index (χ0) is 52.1. The molecule has 372 valence electrons. The van der Waals surface area contributed by atoms with E-state index < -0.39 is 0 Å². The van der Waals surface area contributed by atoms with E-state index in [-0.39, 0.29) is 39.2 Å². The average Bonchev–Trinajstić information content (AvgIpc) is 3.56. The van der Waals surface area contributed by atoms with Crippen LogP contribution in [0.5, 0.6) is 0 Å². The molecule has 0 aromatic heterocycles. The normalized spacial score (nSPS) is 17.5. The van der Waals surface area contributed by atoms with Crippen molar-refractivity contribution in [3.05, 3.63) is 197 Å². The lowest BCUT2D eigenvalue weighted by Gasteiger charge is -2.48. The molecule has 12 rings (SSSR count). The molecule has 0 unspecified atom stereocenters. The summed E-state index contributed by atoms with van der Waals surface area (Å²) < 4.78 is 0. The van der Waals surface area contributed by atoms with Gasteiger partial charge in [0.2, 0.25) is 0 Å². The molecule has 0 bridgehead atoms. The van der Waals surface area contributed by atoms with Gasteiger partial charge in [-0.05, 0) is 178 Å². The second-order valence-corrected chi connectivity index (χ2v) is 27.2. The van der Waals surface area contributed by atoms with E-state index in [0.29, 0.717) is 0 Å². The minimum Gasteiger partial charge on any atom is -0.311 e. The highest BCUT2D eigenvalue weighted by Gasteiger charge is 2.48. The highest BCUT2D eigenvalue weighted by Crippen LogP contribution is 2.55. The van der Waals surface area contributed by atoms with E-state index in [0.717, 1.165) is 24.9 Å². The van der Waals surface area contributed by atoms with Crippen molar-refractivity contribution < 1.29 is 0 Å². The van der Waals surface area contributed by atoms with Crippen molar-refractivity contribution in [2.75, 3.05) is 9.80 Å². The molecule has 2 aliphatic carbocycles. The van der Waals surface area contributed by atoms with E-state index in [1.54, 1.807) is 0 Å². The third-order valence-electron chi connectivity index (χ3n) is 18.0. The van der Waals surface area contributed by atoms with Crippen molar-refractivity contribution in [3.63, 3.8) is 0 Å². The van der Waals surface area contributed by atoms with Crippen LogP contribution in [0.4, 0.5) is 34.1 Å². The summed E-state index contributed by atoms with van der Waals surface area (Å²) >= 11 is 0. The number of hydrogen-bond donors (Lipinski definition) is 0. The highest BCUT2D eigenvalue weighted by atomic mass is 15.2. The Morgan fingerprint density at radius 1 is 0.365 bits per heavy atom. The minimum absolute atomic E-state index is 0.0111. The summed E-state index contributed by atoms with van der Waals surface area (Å²) in [7, 11) is 0. The lowest BCUT2D eigenvalue weighted by atomic mass is 9.33. The largest absolute Gasteiger partial charge is 0.311 e. The monoisotopic (exact) mass is 967 g/mol. The molecule has 0 saturated heterocycles. The second kappa shape index (κ2) is 16.5.